The van der Waals surface area contributed by atoms with Gasteiger partial charge in [-0.05, 0) is 12.1 Å². The van der Waals surface area contributed by atoms with Gasteiger partial charge in [0.05, 0.1) is 25.8 Å². The van der Waals surface area contributed by atoms with Crippen LogP contribution in [0.2, 0.25) is 0 Å². The van der Waals surface area contributed by atoms with Gasteiger partial charge < -0.3 is 10.5 Å². The molecule has 0 bridgehead atoms. The average Bonchev–Trinajstić information content (AvgIpc) is 2.72. The van der Waals surface area contributed by atoms with Crippen LogP contribution in [-0.4, -0.2) is 16.9 Å². The van der Waals surface area contributed by atoms with Crippen molar-refractivity contribution in [3.05, 3.63) is 36.0 Å². The number of aromatic nitrogens is 2. The normalized spacial score (nSPS) is 9.88. The van der Waals surface area contributed by atoms with Gasteiger partial charge in [-0.3, -0.25) is 0 Å². The number of anilines is 1. The molecule has 0 unspecified atom stereocenters. The third kappa shape index (κ3) is 1.93. The molecule has 5 heteroatoms. The van der Waals surface area contributed by atoms with Gasteiger partial charge in [0.2, 0.25) is 0 Å². The summed E-state index contributed by atoms with van der Waals surface area (Å²) in [5, 5.41) is 12.8. The molecule has 0 fully saturated rings. The molecule has 0 atom stereocenters. The number of ether oxygens (including phenoxy) is 1. The molecule has 86 valence electrons. The van der Waals surface area contributed by atoms with E-state index in [9.17, 15) is 0 Å². The van der Waals surface area contributed by atoms with Gasteiger partial charge in [0, 0.05) is 5.56 Å². The van der Waals surface area contributed by atoms with Gasteiger partial charge in [0.25, 0.3) is 0 Å². The first-order valence-corrected chi connectivity index (χ1v) is 5.10. The summed E-state index contributed by atoms with van der Waals surface area (Å²) in [5.41, 5.74) is 7.42. The molecule has 0 saturated carbocycles. The molecule has 0 saturated heterocycles. The van der Waals surface area contributed by atoms with Crippen molar-refractivity contribution in [2.45, 2.75) is 6.42 Å². The van der Waals surface area contributed by atoms with Crippen LogP contribution in [0.25, 0.3) is 5.69 Å². The molecule has 0 aliphatic rings. The molecule has 0 spiro atoms. The number of hydrogen-bond acceptors (Lipinski definition) is 4. The second-order valence-corrected chi connectivity index (χ2v) is 3.47. The van der Waals surface area contributed by atoms with Gasteiger partial charge in [0.1, 0.15) is 17.3 Å². The van der Waals surface area contributed by atoms with Crippen molar-refractivity contribution in [3.63, 3.8) is 0 Å². The van der Waals surface area contributed by atoms with E-state index in [0.29, 0.717) is 11.6 Å². The van der Waals surface area contributed by atoms with E-state index in [4.69, 9.17) is 15.7 Å². The first-order chi connectivity index (χ1) is 8.27. The zero-order valence-electron chi connectivity index (χ0n) is 9.42. The smallest absolute Gasteiger partial charge is 0.144 e. The average molecular weight is 228 g/mol. The Bertz CT molecular complexity index is 568. The molecule has 0 radical (unpaired) electrons. The number of methoxy groups -OCH3 is 1. The maximum atomic E-state index is 8.66. The van der Waals surface area contributed by atoms with E-state index >= 15 is 0 Å². The maximum Gasteiger partial charge on any atom is 0.144 e. The Morgan fingerprint density at radius 2 is 2.24 bits per heavy atom. The van der Waals surface area contributed by atoms with Gasteiger partial charge in [-0.25, -0.2) is 4.68 Å². The number of hydrogen-bond donors (Lipinski definition) is 1. The molecular formula is C12H12N4O. The lowest BCUT2D eigenvalue weighted by Gasteiger charge is -2.09. The Labute approximate surface area is 99.0 Å². The second-order valence-electron chi connectivity index (χ2n) is 3.47. The first-order valence-electron chi connectivity index (χ1n) is 5.10. The number of para-hydroxylation sites is 2. The molecule has 17 heavy (non-hydrogen) atoms. The highest BCUT2D eigenvalue weighted by molar-refractivity contribution is 5.53. The first kappa shape index (κ1) is 11.0. The molecule has 1 aromatic carbocycles. The van der Waals surface area contributed by atoms with Crippen molar-refractivity contribution >= 4 is 5.82 Å². The Morgan fingerprint density at radius 3 is 2.94 bits per heavy atom. The summed E-state index contributed by atoms with van der Waals surface area (Å²) < 4.78 is 6.82. The van der Waals surface area contributed by atoms with Crippen LogP contribution < -0.4 is 10.5 Å². The molecule has 5 nitrogen and oxygen atoms in total. The number of nitrogens with zero attached hydrogens (tertiary/aromatic N) is 3. The molecule has 1 aromatic heterocycles. The van der Waals surface area contributed by atoms with Crippen LogP contribution in [0.4, 0.5) is 5.82 Å². The number of benzene rings is 1. The number of nitrogen functional groups attached to an aromatic ring is 1. The monoisotopic (exact) mass is 228 g/mol. The van der Waals surface area contributed by atoms with Crippen molar-refractivity contribution in [1.29, 1.82) is 5.26 Å². The largest absolute Gasteiger partial charge is 0.494 e. The summed E-state index contributed by atoms with van der Waals surface area (Å²) >= 11 is 0. The third-order valence-corrected chi connectivity index (χ3v) is 2.47. The molecule has 1 heterocycles. The number of nitriles is 1. The summed E-state index contributed by atoms with van der Waals surface area (Å²) in [4.78, 5) is 0. The van der Waals surface area contributed by atoms with Crippen molar-refractivity contribution in [2.24, 2.45) is 0 Å². The van der Waals surface area contributed by atoms with E-state index in [2.05, 4.69) is 11.2 Å². The van der Waals surface area contributed by atoms with E-state index in [1.54, 1.807) is 18.0 Å². The Balaban J connectivity index is 2.50. The highest BCUT2D eigenvalue weighted by Gasteiger charge is 2.11. The second kappa shape index (κ2) is 4.58. The van der Waals surface area contributed by atoms with E-state index in [1.807, 2.05) is 24.3 Å². The van der Waals surface area contributed by atoms with Gasteiger partial charge >= 0.3 is 0 Å². The molecule has 2 aromatic rings. The van der Waals surface area contributed by atoms with Crippen molar-refractivity contribution in [3.8, 4) is 17.5 Å². The van der Waals surface area contributed by atoms with Crippen molar-refractivity contribution < 1.29 is 4.74 Å². The lowest BCUT2D eigenvalue weighted by molar-refractivity contribution is 0.412. The van der Waals surface area contributed by atoms with Crippen molar-refractivity contribution in [1.82, 2.24) is 9.78 Å². The van der Waals surface area contributed by atoms with Crippen molar-refractivity contribution in [2.75, 3.05) is 12.8 Å². The molecule has 2 N–H and O–H groups in total. The summed E-state index contributed by atoms with van der Waals surface area (Å²) in [7, 11) is 1.59. The Hall–Kier alpha value is -2.48. The minimum Gasteiger partial charge on any atom is -0.494 e. The van der Waals surface area contributed by atoms with Crippen LogP contribution in [0.3, 0.4) is 0 Å². The van der Waals surface area contributed by atoms with Gasteiger partial charge in [-0.1, -0.05) is 12.1 Å². The summed E-state index contributed by atoms with van der Waals surface area (Å²) in [6.07, 6.45) is 1.85. The lowest BCUT2D eigenvalue weighted by Crippen LogP contribution is -2.04. The molecule has 0 aliphatic heterocycles. The maximum absolute atomic E-state index is 8.66. The Morgan fingerprint density at radius 1 is 1.47 bits per heavy atom. The molecule has 2 rings (SSSR count). The van der Waals surface area contributed by atoms with Crippen LogP contribution in [0, 0.1) is 11.3 Å². The van der Waals surface area contributed by atoms with E-state index in [1.165, 1.54) is 0 Å². The van der Waals surface area contributed by atoms with Crippen LogP contribution in [0.5, 0.6) is 5.75 Å². The molecule has 0 aliphatic carbocycles. The quantitative estimate of drug-likeness (QED) is 0.864. The zero-order valence-corrected chi connectivity index (χ0v) is 9.42. The highest BCUT2D eigenvalue weighted by atomic mass is 16.5. The fourth-order valence-electron chi connectivity index (χ4n) is 1.61. The van der Waals surface area contributed by atoms with Gasteiger partial charge in [-0.2, -0.15) is 10.4 Å². The Kier molecular flexibility index (Phi) is 2.97. The fraction of sp³-hybridized carbons (Fsp3) is 0.167. The predicted molar refractivity (Wildman–Crippen MR) is 63.8 cm³/mol. The summed E-state index contributed by atoms with van der Waals surface area (Å²) in [6.45, 7) is 0. The molecule has 0 amide bonds. The minimum atomic E-state index is 0.251. The minimum absolute atomic E-state index is 0.251. The molecular weight excluding hydrogens is 216 g/mol. The van der Waals surface area contributed by atoms with Gasteiger partial charge in [-0.15, -0.1) is 0 Å². The zero-order chi connectivity index (χ0) is 12.3. The fourth-order valence-corrected chi connectivity index (χ4v) is 1.61. The summed E-state index contributed by atoms with van der Waals surface area (Å²) in [6, 6.07) is 9.50. The predicted octanol–water partition coefficient (Wildman–Crippen LogP) is 1.53. The third-order valence-electron chi connectivity index (χ3n) is 2.47. The SMILES string of the molecule is COc1ccccc1-n1ncc(CC#N)c1N. The summed E-state index contributed by atoms with van der Waals surface area (Å²) in [5.74, 6) is 1.15. The van der Waals surface area contributed by atoms with E-state index in [0.717, 1.165) is 11.3 Å². The standard InChI is InChI=1S/C12H12N4O/c1-17-11-5-3-2-4-10(11)16-12(14)9(6-7-13)8-15-16/h2-5,8H,6,14H2,1H3. The van der Waals surface area contributed by atoms with E-state index < -0.39 is 0 Å². The van der Waals surface area contributed by atoms with Crippen LogP contribution in [-0.2, 0) is 6.42 Å². The number of rotatable bonds is 3. The van der Waals surface area contributed by atoms with Gasteiger partial charge in [0.15, 0.2) is 0 Å². The lowest BCUT2D eigenvalue weighted by atomic mass is 10.2. The van der Waals surface area contributed by atoms with Crippen LogP contribution in [0.15, 0.2) is 30.5 Å². The number of nitrogens with two attached hydrogens (primary N) is 1. The van der Waals surface area contributed by atoms with E-state index in [-0.39, 0.29) is 6.42 Å². The van der Waals surface area contributed by atoms with Crippen LogP contribution >= 0.6 is 0 Å². The van der Waals surface area contributed by atoms with Crippen LogP contribution in [0.1, 0.15) is 5.56 Å². The topological polar surface area (TPSA) is 76.9 Å². The highest BCUT2D eigenvalue weighted by Crippen LogP contribution is 2.25.